The molecular formula is C8H23NTi. The van der Waals surface area contributed by atoms with Crippen molar-refractivity contribution >= 4 is 0 Å². The van der Waals surface area contributed by atoms with Gasteiger partial charge in [0.1, 0.15) is 0 Å². The van der Waals surface area contributed by atoms with Crippen LogP contribution in [0.4, 0.5) is 0 Å². The molecule has 2 heteroatoms. The molecule has 0 amide bonds. The molecule has 0 radical (unpaired) electrons. The van der Waals surface area contributed by atoms with Gasteiger partial charge in [0, 0.05) is 0 Å². The molecule has 1 nitrogen and oxygen atoms in total. The van der Waals surface area contributed by atoms with Crippen LogP contribution in [0.15, 0.2) is 0 Å². The molecule has 0 heterocycles. The first-order chi connectivity index (χ1) is 4.24. The third-order valence-corrected chi connectivity index (χ3v) is 12.4. The van der Waals surface area contributed by atoms with Crippen molar-refractivity contribution in [2.45, 2.75) is 46.6 Å². The van der Waals surface area contributed by atoms with Gasteiger partial charge < -0.3 is 6.15 Å². The van der Waals surface area contributed by atoms with Crippen LogP contribution in [0.1, 0.15) is 27.7 Å². The standard InChI is InChI=1S/4C2H5.H3N.Ti/c4*1-2;;/h4*1H2,2H3;1H3;. The van der Waals surface area contributed by atoms with Gasteiger partial charge in [0.15, 0.2) is 0 Å². The fourth-order valence-corrected chi connectivity index (χ4v) is 6.18. The zero-order valence-electron chi connectivity index (χ0n) is 8.04. The monoisotopic (exact) mass is 181 g/mol. The minimum atomic E-state index is -1.17. The van der Waals surface area contributed by atoms with Gasteiger partial charge in [0.25, 0.3) is 0 Å². The van der Waals surface area contributed by atoms with E-state index in [1.54, 1.807) is 0 Å². The van der Waals surface area contributed by atoms with Crippen molar-refractivity contribution in [1.29, 1.82) is 0 Å². The molecule has 0 aromatic heterocycles. The predicted octanol–water partition coefficient (Wildman–Crippen LogP) is 4.06. The molecule has 0 saturated heterocycles. The molecule has 0 rings (SSSR count). The summed E-state index contributed by atoms with van der Waals surface area (Å²) < 4.78 is 6.12. The zero-order valence-corrected chi connectivity index (χ0v) is 9.60. The van der Waals surface area contributed by atoms with E-state index in [0.29, 0.717) is 0 Å². The summed E-state index contributed by atoms with van der Waals surface area (Å²) in [6, 6.07) is 0. The Morgan fingerprint density at radius 1 is 0.700 bits per heavy atom. The third-order valence-electron chi connectivity index (χ3n) is 3.00. The molecule has 0 aromatic rings. The molecule has 0 aromatic carbocycles. The molecule has 0 aliphatic rings. The average molecular weight is 181 g/mol. The minimum absolute atomic E-state index is 0. The van der Waals surface area contributed by atoms with Crippen molar-refractivity contribution in [2.75, 3.05) is 0 Å². The Morgan fingerprint density at radius 3 is 0.900 bits per heavy atom. The van der Waals surface area contributed by atoms with Gasteiger partial charge in [0.05, 0.1) is 0 Å². The Morgan fingerprint density at radius 2 is 0.900 bits per heavy atom. The van der Waals surface area contributed by atoms with Crippen LogP contribution >= 0.6 is 0 Å². The van der Waals surface area contributed by atoms with Crippen molar-refractivity contribution in [3.05, 3.63) is 0 Å². The predicted molar refractivity (Wildman–Crippen MR) is 46.9 cm³/mol. The first-order valence-electron chi connectivity index (χ1n) is 4.24. The Hall–Kier alpha value is 0.674. The van der Waals surface area contributed by atoms with E-state index in [1.807, 2.05) is 0 Å². The molecule has 0 unspecified atom stereocenters. The van der Waals surface area contributed by atoms with Crippen molar-refractivity contribution < 1.29 is 16.6 Å². The second-order valence-corrected chi connectivity index (χ2v) is 12.0. The zero-order chi connectivity index (χ0) is 7.33. The number of rotatable bonds is 4. The SMILES string of the molecule is C[CH2][Ti]([CH2]C)([CH2]C)[CH2]C.N. The summed E-state index contributed by atoms with van der Waals surface area (Å²) in [7, 11) is 0. The summed E-state index contributed by atoms with van der Waals surface area (Å²) in [6.07, 6.45) is 0. The van der Waals surface area contributed by atoms with Gasteiger partial charge in [-0.05, 0) is 0 Å². The second-order valence-electron chi connectivity index (χ2n) is 2.91. The largest absolute Gasteiger partial charge is 0.344 e. The Bertz CT molecular complexity index is 52.1. The van der Waals surface area contributed by atoms with E-state index in [9.17, 15) is 0 Å². The maximum Gasteiger partial charge on any atom is -0.344 e. The normalized spacial score (nSPS) is 10.8. The van der Waals surface area contributed by atoms with E-state index in [4.69, 9.17) is 0 Å². The van der Waals surface area contributed by atoms with Crippen molar-refractivity contribution in [3.8, 4) is 0 Å². The van der Waals surface area contributed by atoms with Crippen LogP contribution in [0.25, 0.3) is 0 Å². The molecule has 64 valence electrons. The summed E-state index contributed by atoms with van der Waals surface area (Å²) >= 11 is -1.17. The van der Waals surface area contributed by atoms with Gasteiger partial charge in [-0.1, -0.05) is 0 Å². The van der Waals surface area contributed by atoms with Gasteiger partial charge in [-0.25, -0.2) is 0 Å². The fraction of sp³-hybridized carbons (Fsp3) is 1.00. The molecule has 0 saturated carbocycles. The van der Waals surface area contributed by atoms with Gasteiger partial charge in [0.2, 0.25) is 0 Å². The van der Waals surface area contributed by atoms with Gasteiger partial charge >= 0.3 is 63.2 Å². The molecular weight excluding hydrogens is 158 g/mol. The van der Waals surface area contributed by atoms with Crippen LogP contribution in [-0.2, 0) is 16.6 Å². The van der Waals surface area contributed by atoms with E-state index in [2.05, 4.69) is 27.7 Å². The first kappa shape index (κ1) is 13.3. The fourth-order valence-electron chi connectivity index (χ4n) is 1.50. The molecule has 10 heavy (non-hydrogen) atoms. The van der Waals surface area contributed by atoms with Crippen LogP contribution < -0.4 is 6.15 Å². The maximum absolute atomic E-state index is 2.39. The number of hydrogen-bond acceptors (Lipinski definition) is 1. The van der Waals surface area contributed by atoms with Crippen LogP contribution in [0.5, 0.6) is 0 Å². The van der Waals surface area contributed by atoms with E-state index in [-0.39, 0.29) is 6.15 Å². The van der Waals surface area contributed by atoms with Crippen LogP contribution in [0, 0.1) is 0 Å². The average Bonchev–Trinajstić information content (AvgIpc) is 1.95. The van der Waals surface area contributed by atoms with Gasteiger partial charge in [-0.2, -0.15) is 0 Å². The Balaban J connectivity index is 0. The van der Waals surface area contributed by atoms with E-state index in [1.165, 1.54) is 18.9 Å². The van der Waals surface area contributed by atoms with Crippen LogP contribution in [0.3, 0.4) is 0 Å². The molecule has 0 atom stereocenters. The summed E-state index contributed by atoms with van der Waals surface area (Å²) in [5.74, 6) is 0. The summed E-state index contributed by atoms with van der Waals surface area (Å²) in [5, 5.41) is 0. The van der Waals surface area contributed by atoms with Crippen molar-refractivity contribution in [2.24, 2.45) is 0 Å². The second kappa shape index (κ2) is 6.39. The van der Waals surface area contributed by atoms with E-state index >= 15 is 0 Å². The van der Waals surface area contributed by atoms with E-state index < -0.39 is 16.6 Å². The number of hydrogen-bond donors (Lipinski definition) is 1. The quantitative estimate of drug-likeness (QED) is 0.652. The van der Waals surface area contributed by atoms with Crippen LogP contribution in [-0.4, -0.2) is 0 Å². The van der Waals surface area contributed by atoms with Crippen molar-refractivity contribution in [1.82, 2.24) is 6.15 Å². The molecule has 0 aliphatic carbocycles. The van der Waals surface area contributed by atoms with Crippen LogP contribution in [0.2, 0.25) is 18.9 Å². The Labute approximate surface area is 69.5 Å². The smallest absolute Gasteiger partial charge is 0.344 e. The molecule has 0 bridgehead atoms. The summed E-state index contributed by atoms with van der Waals surface area (Å²) in [5.41, 5.74) is 0. The Kier molecular flexibility index (Phi) is 8.48. The maximum atomic E-state index is 2.39. The summed E-state index contributed by atoms with van der Waals surface area (Å²) in [4.78, 5) is 0. The third kappa shape index (κ3) is 3.18. The topological polar surface area (TPSA) is 35.0 Å². The van der Waals surface area contributed by atoms with Crippen molar-refractivity contribution in [3.63, 3.8) is 0 Å². The van der Waals surface area contributed by atoms with Gasteiger partial charge in [-0.3, -0.25) is 0 Å². The summed E-state index contributed by atoms with van der Waals surface area (Å²) in [6.45, 7) is 9.54. The molecule has 3 N–H and O–H groups in total. The first-order valence-corrected chi connectivity index (χ1v) is 8.66. The van der Waals surface area contributed by atoms with E-state index in [0.717, 1.165) is 0 Å². The molecule has 0 spiro atoms. The molecule has 0 aliphatic heterocycles. The molecule has 0 fully saturated rings. The van der Waals surface area contributed by atoms with Gasteiger partial charge in [-0.15, -0.1) is 0 Å². The minimum Gasteiger partial charge on any atom is -0.344 e.